The summed E-state index contributed by atoms with van der Waals surface area (Å²) in [6, 6.07) is 5.46. The minimum atomic E-state index is -2.85. The predicted molar refractivity (Wildman–Crippen MR) is 75.0 cm³/mol. The standard InChI is InChI=1S/C12H15Cl2NO2S/c1-15(11-4-5-18(16,17)8-11)7-9-2-3-10(13)6-12(9)14/h2-3,6,11H,4-5,7-8H2,1H3/t11-/m0/s1. The van der Waals surface area contributed by atoms with Crippen molar-refractivity contribution in [1.29, 1.82) is 0 Å². The third-order valence-electron chi connectivity index (χ3n) is 3.27. The van der Waals surface area contributed by atoms with Crippen LogP contribution in [-0.4, -0.2) is 37.9 Å². The van der Waals surface area contributed by atoms with Gasteiger partial charge in [-0.3, -0.25) is 4.90 Å². The number of nitrogens with zero attached hydrogens (tertiary/aromatic N) is 1. The highest BCUT2D eigenvalue weighted by molar-refractivity contribution is 7.91. The normalized spacial score (nSPS) is 22.6. The summed E-state index contributed by atoms with van der Waals surface area (Å²) in [4.78, 5) is 2.04. The molecular weight excluding hydrogens is 293 g/mol. The molecule has 0 saturated carbocycles. The number of sulfone groups is 1. The molecule has 1 aromatic rings. The zero-order chi connectivity index (χ0) is 13.3. The molecule has 100 valence electrons. The Morgan fingerprint density at radius 1 is 1.39 bits per heavy atom. The van der Waals surface area contributed by atoms with Crippen LogP contribution in [0.1, 0.15) is 12.0 Å². The third-order valence-corrected chi connectivity index (χ3v) is 5.60. The Morgan fingerprint density at radius 3 is 2.67 bits per heavy atom. The Bertz CT molecular complexity index is 545. The Balaban J connectivity index is 2.05. The molecule has 18 heavy (non-hydrogen) atoms. The monoisotopic (exact) mass is 307 g/mol. The van der Waals surface area contributed by atoms with Crippen LogP contribution in [0.2, 0.25) is 10.0 Å². The van der Waals surface area contributed by atoms with Crippen molar-refractivity contribution < 1.29 is 8.42 Å². The van der Waals surface area contributed by atoms with E-state index in [9.17, 15) is 8.42 Å². The van der Waals surface area contributed by atoms with E-state index in [1.807, 2.05) is 18.0 Å². The summed E-state index contributed by atoms with van der Waals surface area (Å²) >= 11 is 11.9. The van der Waals surface area contributed by atoms with Gasteiger partial charge in [0.15, 0.2) is 9.84 Å². The molecular formula is C12H15Cl2NO2S. The molecule has 0 unspecified atom stereocenters. The van der Waals surface area contributed by atoms with Gasteiger partial charge in [0.1, 0.15) is 0 Å². The molecule has 2 rings (SSSR count). The number of halogens is 2. The highest BCUT2D eigenvalue weighted by Crippen LogP contribution is 2.24. The van der Waals surface area contributed by atoms with Gasteiger partial charge in [0.25, 0.3) is 0 Å². The van der Waals surface area contributed by atoms with E-state index in [1.165, 1.54) is 0 Å². The van der Waals surface area contributed by atoms with Gasteiger partial charge in [-0.1, -0.05) is 29.3 Å². The van der Waals surface area contributed by atoms with Crippen LogP contribution in [0.25, 0.3) is 0 Å². The van der Waals surface area contributed by atoms with Crippen LogP contribution < -0.4 is 0 Å². The van der Waals surface area contributed by atoms with Gasteiger partial charge in [-0.25, -0.2) is 8.42 Å². The van der Waals surface area contributed by atoms with E-state index < -0.39 is 9.84 Å². The van der Waals surface area contributed by atoms with Crippen molar-refractivity contribution in [3.63, 3.8) is 0 Å². The van der Waals surface area contributed by atoms with Gasteiger partial charge in [-0.15, -0.1) is 0 Å². The van der Waals surface area contributed by atoms with E-state index in [2.05, 4.69) is 0 Å². The summed E-state index contributed by atoms with van der Waals surface area (Å²) in [5.74, 6) is 0.533. The third kappa shape index (κ3) is 3.38. The van der Waals surface area contributed by atoms with Crippen LogP contribution in [0.3, 0.4) is 0 Å². The second-order valence-electron chi connectivity index (χ2n) is 4.71. The zero-order valence-corrected chi connectivity index (χ0v) is 12.4. The molecule has 0 amide bonds. The van der Waals surface area contributed by atoms with Crippen LogP contribution in [0.15, 0.2) is 18.2 Å². The summed E-state index contributed by atoms with van der Waals surface area (Å²) in [5, 5.41) is 1.23. The Morgan fingerprint density at radius 2 is 2.11 bits per heavy atom. The molecule has 1 aromatic carbocycles. The van der Waals surface area contributed by atoms with Crippen molar-refractivity contribution in [3.8, 4) is 0 Å². The maximum atomic E-state index is 11.4. The topological polar surface area (TPSA) is 37.4 Å². The maximum Gasteiger partial charge on any atom is 0.151 e. The van der Waals surface area contributed by atoms with Gasteiger partial charge >= 0.3 is 0 Å². The zero-order valence-electron chi connectivity index (χ0n) is 10.1. The highest BCUT2D eigenvalue weighted by Gasteiger charge is 2.30. The molecule has 0 aliphatic carbocycles. The van der Waals surface area contributed by atoms with Crippen molar-refractivity contribution in [3.05, 3.63) is 33.8 Å². The number of rotatable bonds is 3. The average molecular weight is 308 g/mol. The van der Waals surface area contributed by atoms with Crippen molar-refractivity contribution in [1.82, 2.24) is 4.90 Å². The van der Waals surface area contributed by atoms with E-state index in [4.69, 9.17) is 23.2 Å². The number of benzene rings is 1. The SMILES string of the molecule is CN(Cc1ccc(Cl)cc1Cl)[C@H]1CCS(=O)(=O)C1. The highest BCUT2D eigenvalue weighted by atomic mass is 35.5. The first kappa shape index (κ1) is 14.1. The van der Waals surface area contributed by atoms with Crippen molar-refractivity contribution >= 4 is 33.0 Å². The maximum absolute atomic E-state index is 11.4. The molecule has 0 bridgehead atoms. The molecule has 1 fully saturated rings. The van der Waals surface area contributed by atoms with E-state index in [1.54, 1.807) is 12.1 Å². The van der Waals surface area contributed by atoms with E-state index in [0.717, 1.165) is 5.56 Å². The van der Waals surface area contributed by atoms with E-state index in [-0.39, 0.29) is 17.5 Å². The second-order valence-corrected chi connectivity index (χ2v) is 7.78. The first-order valence-electron chi connectivity index (χ1n) is 5.72. The van der Waals surface area contributed by atoms with Crippen molar-refractivity contribution in [2.24, 2.45) is 0 Å². The smallest absolute Gasteiger partial charge is 0.151 e. The van der Waals surface area contributed by atoms with E-state index >= 15 is 0 Å². The lowest BCUT2D eigenvalue weighted by molar-refractivity contribution is 0.254. The fourth-order valence-electron chi connectivity index (χ4n) is 2.17. The quantitative estimate of drug-likeness (QED) is 0.861. The second kappa shape index (κ2) is 5.37. The van der Waals surface area contributed by atoms with Crippen LogP contribution in [0.4, 0.5) is 0 Å². The van der Waals surface area contributed by atoms with E-state index in [0.29, 0.717) is 23.0 Å². The Kier molecular flexibility index (Phi) is 4.22. The summed E-state index contributed by atoms with van der Waals surface area (Å²) < 4.78 is 22.9. The average Bonchev–Trinajstić information content (AvgIpc) is 2.63. The molecule has 0 spiro atoms. The molecule has 1 atom stereocenters. The Labute approximate surface area is 118 Å². The fourth-order valence-corrected chi connectivity index (χ4v) is 4.44. The first-order chi connectivity index (χ1) is 8.37. The van der Waals surface area contributed by atoms with Gasteiger partial charge in [-0.05, 0) is 31.2 Å². The summed E-state index contributed by atoms with van der Waals surface area (Å²) in [5.41, 5.74) is 0.966. The van der Waals surface area contributed by atoms with Gasteiger partial charge in [0.2, 0.25) is 0 Å². The van der Waals surface area contributed by atoms with Crippen LogP contribution in [0, 0.1) is 0 Å². The first-order valence-corrected chi connectivity index (χ1v) is 8.30. The van der Waals surface area contributed by atoms with Crippen molar-refractivity contribution in [2.75, 3.05) is 18.6 Å². The molecule has 3 nitrogen and oxygen atoms in total. The summed E-state index contributed by atoms with van der Waals surface area (Å²) in [6.07, 6.45) is 0.698. The van der Waals surface area contributed by atoms with Gasteiger partial charge in [0.05, 0.1) is 11.5 Å². The van der Waals surface area contributed by atoms with Gasteiger partial charge in [0, 0.05) is 22.6 Å². The lowest BCUT2D eigenvalue weighted by atomic mass is 10.1. The molecule has 0 aromatic heterocycles. The minimum absolute atomic E-state index is 0.0849. The molecule has 0 N–H and O–H groups in total. The van der Waals surface area contributed by atoms with Gasteiger partial charge < -0.3 is 0 Å². The van der Waals surface area contributed by atoms with Gasteiger partial charge in [-0.2, -0.15) is 0 Å². The molecule has 6 heteroatoms. The molecule has 1 aliphatic heterocycles. The minimum Gasteiger partial charge on any atom is -0.298 e. The molecule has 1 saturated heterocycles. The van der Waals surface area contributed by atoms with Crippen LogP contribution in [0.5, 0.6) is 0 Å². The Hall–Kier alpha value is -0.290. The predicted octanol–water partition coefficient (Wildman–Crippen LogP) is 2.61. The summed E-state index contributed by atoms with van der Waals surface area (Å²) in [7, 11) is -0.918. The lowest BCUT2D eigenvalue weighted by Gasteiger charge is -2.23. The molecule has 1 aliphatic rings. The number of hydrogen-bond acceptors (Lipinski definition) is 3. The lowest BCUT2D eigenvalue weighted by Crippen LogP contribution is -2.32. The largest absolute Gasteiger partial charge is 0.298 e. The van der Waals surface area contributed by atoms with Crippen LogP contribution in [-0.2, 0) is 16.4 Å². The van der Waals surface area contributed by atoms with Crippen LogP contribution >= 0.6 is 23.2 Å². The molecule has 1 heterocycles. The summed E-state index contributed by atoms with van der Waals surface area (Å²) in [6.45, 7) is 0.635. The molecule has 0 radical (unpaired) electrons. The fraction of sp³-hybridized carbons (Fsp3) is 0.500. The number of hydrogen-bond donors (Lipinski definition) is 0. The van der Waals surface area contributed by atoms with Crippen molar-refractivity contribution in [2.45, 2.75) is 19.0 Å².